The minimum atomic E-state index is -4.03. The summed E-state index contributed by atoms with van der Waals surface area (Å²) in [5, 5.41) is 13.4. The fourth-order valence-corrected chi connectivity index (χ4v) is 4.48. The minimum Gasteiger partial charge on any atom is -0.320 e. The van der Waals surface area contributed by atoms with Crippen molar-refractivity contribution in [2.75, 3.05) is 11.2 Å². The molecule has 0 saturated heterocycles. The van der Waals surface area contributed by atoms with Crippen LogP contribution in [0.25, 0.3) is 0 Å². The summed E-state index contributed by atoms with van der Waals surface area (Å²) >= 11 is 0. The lowest BCUT2D eigenvalue weighted by molar-refractivity contribution is -0.458. The van der Waals surface area contributed by atoms with Gasteiger partial charge in [0.25, 0.3) is 0 Å². The summed E-state index contributed by atoms with van der Waals surface area (Å²) in [7, 11) is -4.03. The number of nitrogens with one attached hydrogen (secondary N) is 1. The van der Waals surface area contributed by atoms with E-state index in [1.165, 1.54) is 12.1 Å². The molecule has 140 valence electrons. The van der Waals surface area contributed by atoms with Crippen LogP contribution in [0.3, 0.4) is 0 Å². The molecular weight excluding hydrogens is 346 g/mol. The zero-order valence-electron chi connectivity index (χ0n) is 15.4. The Labute approximate surface area is 148 Å². The maximum atomic E-state index is 12.5. The molecule has 0 aliphatic rings. The Morgan fingerprint density at radius 3 is 1.96 bits per heavy atom. The van der Waals surface area contributed by atoms with Crippen LogP contribution in [0.4, 0.5) is 10.5 Å². The zero-order valence-corrected chi connectivity index (χ0v) is 16.2. The number of carbonyl (C=O) groups excluding carboxylic acids is 1. The molecule has 0 heterocycles. The number of amides is 2. The first-order chi connectivity index (χ1) is 11.4. The summed E-state index contributed by atoms with van der Waals surface area (Å²) in [5.41, 5.74) is 1.17. The van der Waals surface area contributed by atoms with Gasteiger partial charge in [0.05, 0.1) is 4.90 Å². The van der Waals surface area contributed by atoms with Crippen molar-refractivity contribution in [3.05, 3.63) is 33.4 Å². The molecule has 1 aromatic carbocycles. The molecule has 0 aliphatic carbocycles. The molecule has 0 atom stereocenters. The summed E-state index contributed by atoms with van der Waals surface area (Å²) in [6.07, 6.45) is 0. The molecule has 0 radical (unpaired) electrons. The first kappa shape index (κ1) is 20.9. The van der Waals surface area contributed by atoms with Gasteiger partial charge in [0, 0.05) is 22.7 Å². The molecule has 0 saturated carbocycles. The van der Waals surface area contributed by atoms with Crippen LogP contribution in [-0.2, 0) is 9.84 Å². The Morgan fingerprint density at radius 1 is 1.16 bits per heavy atom. The van der Waals surface area contributed by atoms with Gasteiger partial charge < -0.3 is 10.2 Å². The highest BCUT2D eigenvalue weighted by Gasteiger charge is 2.26. The van der Waals surface area contributed by atoms with Crippen LogP contribution >= 0.6 is 0 Å². The smallest absolute Gasteiger partial charge is 0.320 e. The van der Waals surface area contributed by atoms with Crippen molar-refractivity contribution in [1.82, 2.24) is 4.90 Å². The van der Waals surface area contributed by atoms with Crippen LogP contribution in [0.5, 0.6) is 0 Å². The molecule has 0 unspecified atom stereocenters. The van der Waals surface area contributed by atoms with Crippen LogP contribution in [0, 0.1) is 24.0 Å². The second kappa shape index (κ2) is 7.81. The number of hydrogen-bond acceptors (Lipinski definition) is 5. The van der Waals surface area contributed by atoms with Crippen LogP contribution in [0.1, 0.15) is 38.8 Å². The van der Waals surface area contributed by atoms with E-state index in [-0.39, 0.29) is 23.0 Å². The van der Waals surface area contributed by atoms with E-state index in [4.69, 9.17) is 0 Å². The summed E-state index contributed by atoms with van der Waals surface area (Å²) in [6.45, 7) is 10.7. The molecular formula is C16H25N3O5S. The summed E-state index contributed by atoms with van der Waals surface area (Å²) in [5.74, 6) is -1.16. The Hall–Kier alpha value is -2.16. The van der Waals surface area contributed by atoms with Crippen molar-refractivity contribution in [3.63, 3.8) is 0 Å². The van der Waals surface area contributed by atoms with Gasteiger partial charge in [-0.15, -0.1) is 0 Å². The molecule has 0 aliphatic heterocycles. The number of nitrogens with zero attached hydrogens (tertiary/aromatic N) is 2. The lowest BCUT2D eigenvalue weighted by Gasteiger charge is -2.31. The van der Waals surface area contributed by atoms with Gasteiger partial charge in [0.1, 0.15) is 0 Å². The lowest BCUT2D eigenvalue weighted by atomic mass is 10.1. The fraction of sp³-hybridized carbons (Fsp3) is 0.562. The van der Waals surface area contributed by atoms with Gasteiger partial charge in [-0.1, -0.05) is 0 Å². The Kier molecular flexibility index (Phi) is 6.53. The molecule has 2 amide bonds. The second-order valence-electron chi connectivity index (χ2n) is 6.54. The standard InChI is InChI=1S/C16H25N3O5S/c1-10(2)19(11(3)4)16(20)17-14-7-12(5)15(13(6)8-14)25(23,24)9-18(21)22/h7-8,10-11H,9H2,1-6H3,(H,17,20). The molecule has 8 nitrogen and oxygen atoms in total. The molecule has 1 aromatic rings. The van der Waals surface area contributed by atoms with Gasteiger partial charge >= 0.3 is 11.9 Å². The number of hydrogen-bond donors (Lipinski definition) is 1. The van der Waals surface area contributed by atoms with Crippen LogP contribution < -0.4 is 5.32 Å². The molecule has 25 heavy (non-hydrogen) atoms. The molecule has 1 N–H and O–H groups in total. The van der Waals surface area contributed by atoms with Crippen LogP contribution in [0.15, 0.2) is 17.0 Å². The van der Waals surface area contributed by atoms with Crippen LogP contribution in [-0.4, -0.2) is 42.2 Å². The zero-order chi connectivity index (χ0) is 19.5. The van der Waals surface area contributed by atoms with E-state index in [0.717, 1.165) is 0 Å². The highest BCUT2D eigenvalue weighted by molar-refractivity contribution is 7.91. The lowest BCUT2D eigenvalue weighted by Crippen LogP contribution is -2.44. The van der Waals surface area contributed by atoms with E-state index in [1.54, 1.807) is 18.7 Å². The van der Waals surface area contributed by atoms with Crippen LogP contribution in [0.2, 0.25) is 0 Å². The first-order valence-corrected chi connectivity index (χ1v) is 9.57. The number of rotatable bonds is 6. The van der Waals surface area contributed by atoms with E-state index < -0.39 is 20.6 Å². The average molecular weight is 371 g/mol. The Balaban J connectivity index is 3.19. The van der Waals surface area contributed by atoms with E-state index in [2.05, 4.69) is 5.32 Å². The van der Waals surface area contributed by atoms with E-state index in [9.17, 15) is 23.3 Å². The highest BCUT2D eigenvalue weighted by Crippen LogP contribution is 2.26. The summed E-state index contributed by atoms with van der Waals surface area (Å²) in [4.78, 5) is 23.8. The molecule has 0 aromatic heterocycles. The topological polar surface area (TPSA) is 110 Å². The normalized spacial score (nSPS) is 11.7. The highest BCUT2D eigenvalue weighted by atomic mass is 32.2. The Bertz CT molecular complexity index is 741. The van der Waals surface area contributed by atoms with Crippen molar-refractivity contribution in [3.8, 4) is 0 Å². The fourth-order valence-electron chi connectivity index (χ4n) is 2.97. The SMILES string of the molecule is Cc1cc(NC(=O)N(C(C)C)C(C)C)cc(C)c1S(=O)(=O)C[N+](=O)[O-]. The van der Waals surface area contributed by atoms with Crippen molar-refractivity contribution in [1.29, 1.82) is 0 Å². The van der Waals surface area contributed by atoms with Gasteiger partial charge in [0.15, 0.2) is 0 Å². The summed E-state index contributed by atoms with van der Waals surface area (Å²) < 4.78 is 24.3. The van der Waals surface area contributed by atoms with Crippen molar-refractivity contribution < 1.29 is 18.1 Å². The quantitative estimate of drug-likeness (QED) is 0.610. The molecule has 0 fully saturated rings. The van der Waals surface area contributed by atoms with Gasteiger partial charge in [-0.25, -0.2) is 13.2 Å². The number of carbonyl (C=O) groups is 1. The number of aryl methyl sites for hydroxylation is 2. The predicted octanol–water partition coefficient (Wildman–Crippen LogP) is 2.96. The maximum absolute atomic E-state index is 12.5. The second-order valence-corrected chi connectivity index (χ2v) is 8.44. The average Bonchev–Trinajstić information content (AvgIpc) is 2.33. The number of anilines is 1. The molecule has 1 rings (SSSR count). The van der Waals surface area contributed by atoms with Gasteiger partial charge in [-0.3, -0.25) is 10.1 Å². The van der Waals surface area contributed by atoms with Crippen molar-refractivity contribution >= 4 is 21.6 Å². The van der Waals surface area contributed by atoms with E-state index in [1.807, 2.05) is 27.7 Å². The Morgan fingerprint density at radius 2 is 1.60 bits per heavy atom. The third kappa shape index (κ3) is 5.15. The van der Waals surface area contributed by atoms with Gasteiger partial charge in [-0.2, -0.15) is 0 Å². The minimum absolute atomic E-state index is 0.00179. The largest absolute Gasteiger partial charge is 0.322 e. The third-order valence-corrected chi connectivity index (χ3v) is 5.46. The van der Waals surface area contributed by atoms with E-state index >= 15 is 0 Å². The number of nitro groups is 1. The number of sulfone groups is 1. The van der Waals surface area contributed by atoms with Gasteiger partial charge in [-0.05, 0) is 64.8 Å². The van der Waals surface area contributed by atoms with Crippen molar-refractivity contribution in [2.45, 2.75) is 58.5 Å². The number of urea groups is 1. The van der Waals surface area contributed by atoms with Gasteiger partial charge in [0.2, 0.25) is 9.84 Å². The summed E-state index contributed by atoms with van der Waals surface area (Å²) in [6, 6.07) is 2.74. The maximum Gasteiger partial charge on any atom is 0.322 e. The predicted molar refractivity (Wildman–Crippen MR) is 96.1 cm³/mol. The monoisotopic (exact) mass is 371 g/mol. The molecule has 0 spiro atoms. The molecule has 9 heteroatoms. The third-order valence-electron chi connectivity index (χ3n) is 3.65. The van der Waals surface area contributed by atoms with E-state index in [0.29, 0.717) is 16.8 Å². The first-order valence-electron chi connectivity index (χ1n) is 7.92. The van der Waals surface area contributed by atoms with Crippen molar-refractivity contribution in [2.24, 2.45) is 0 Å². The number of benzene rings is 1. The molecule has 0 bridgehead atoms.